The lowest BCUT2D eigenvalue weighted by Crippen LogP contribution is -2.46. The molecule has 0 spiro atoms. The zero-order valence-electron chi connectivity index (χ0n) is 17.4. The first-order valence-corrected chi connectivity index (χ1v) is 10.6. The molecule has 0 radical (unpaired) electrons. The Morgan fingerprint density at radius 1 is 1.11 bits per heavy atom. The minimum absolute atomic E-state index is 0.0935. The molecule has 3 unspecified atom stereocenters. The molecule has 28 heavy (non-hydrogen) atoms. The quantitative estimate of drug-likeness (QED) is 0.845. The van der Waals surface area contributed by atoms with Gasteiger partial charge in [0, 0.05) is 19.1 Å². The molecule has 2 fully saturated rings. The van der Waals surface area contributed by atoms with Gasteiger partial charge in [-0.1, -0.05) is 43.2 Å². The first kappa shape index (κ1) is 20.7. The minimum Gasteiger partial charge on any atom is -0.444 e. The van der Waals surface area contributed by atoms with E-state index in [4.69, 9.17) is 4.74 Å². The summed E-state index contributed by atoms with van der Waals surface area (Å²) in [6, 6.07) is 10.8. The first-order chi connectivity index (χ1) is 13.3. The second-order valence-electron chi connectivity index (χ2n) is 9.26. The van der Waals surface area contributed by atoms with Gasteiger partial charge in [-0.3, -0.25) is 4.79 Å². The normalized spacial score (nSPS) is 25.4. The van der Waals surface area contributed by atoms with Crippen LogP contribution < -0.4 is 5.32 Å². The van der Waals surface area contributed by atoms with Gasteiger partial charge in [-0.15, -0.1) is 0 Å². The Morgan fingerprint density at radius 3 is 2.54 bits per heavy atom. The van der Waals surface area contributed by atoms with Gasteiger partial charge in [0.05, 0.1) is 5.92 Å². The number of likely N-dealkylation sites (tertiary alicyclic amines) is 1. The number of benzene rings is 1. The number of ether oxygens (including phenoxy) is 1. The van der Waals surface area contributed by atoms with Crippen molar-refractivity contribution in [1.29, 1.82) is 0 Å². The lowest BCUT2D eigenvalue weighted by molar-refractivity contribution is -0.125. The van der Waals surface area contributed by atoms with Crippen LogP contribution in [0.5, 0.6) is 0 Å². The Labute approximate surface area is 168 Å². The van der Waals surface area contributed by atoms with Gasteiger partial charge in [0.15, 0.2) is 0 Å². The maximum Gasteiger partial charge on any atom is 0.410 e. The number of nitrogens with one attached hydrogen (secondary N) is 1. The number of nitrogens with zero attached hydrogens (tertiary/aromatic N) is 1. The Bertz CT molecular complexity index is 668. The number of hydrogen-bond donors (Lipinski definition) is 1. The molecule has 1 aliphatic carbocycles. The lowest BCUT2D eigenvalue weighted by atomic mass is 9.80. The van der Waals surface area contributed by atoms with E-state index in [0.717, 1.165) is 19.3 Å². The van der Waals surface area contributed by atoms with Crippen molar-refractivity contribution in [1.82, 2.24) is 10.2 Å². The molecule has 1 aromatic carbocycles. The molecule has 3 rings (SSSR count). The highest BCUT2D eigenvalue weighted by atomic mass is 16.6. The van der Waals surface area contributed by atoms with Crippen molar-refractivity contribution in [2.75, 3.05) is 13.1 Å². The SMILES string of the molecule is CC(C)(C)OC(=O)N1CCC(C(=O)NC2CCCCC2Cc2ccccc2)C1. The summed E-state index contributed by atoms with van der Waals surface area (Å²) in [7, 11) is 0. The number of carbonyl (C=O) groups is 2. The van der Waals surface area contributed by atoms with E-state index in [1.807, 2.05) is 26.8 Å². The maximum atomic E-state index is 12.9. The molecule has 1 N–H and O–H groups in total. The van der Waals surface area contributed by atoms with Crippen LogP contribution in [-0.2, 0) is 16.0 Å². The largest absolute Gasteiger partial charge is 0.444 e. The van der Waals surface area contributed by atoms with Crippen molar-refractivity contribution in [2.45, 2.75) is 70.9 Å². The minimum atomic E-state index is -0.510. The molecule has 1 aliphatic heterocycles. The molecule has 1 aromatic rings. The van der Waals surface area contributed by atoms with Gasteiger partial charge >= 0.3 is 6.09 Å². The van der Waals surface area contributed by atoms with Gasteiger partial charge in [-0.05, 0) is 57.9 Å². The molecule has 2 amide bonds. The van der Waals surface area contributed by atoms with Gasteiger partial charge < -0.3 is 15.0 Å². The second-order valence-corrected chi connectivity index (χ2v) is 9.26. The van der Waals surface area contributed by atoms with E-state index >= 15 is 0 Å². The highest BCUT2D eigenvalue weighted by Crippen LogP contribution is 2.28. The van der Waals surface area contributed by atoms with Crippen LogP contribution >= 0.6 is 0 Å². The predicted molar refractivity (Wildman–Crippen MR) is 110 cm³/mol. The fourth-order valence-corrected chi connectivity index (χ4v) is 4.33. The summed E-state index contributed by atoms with van der Waals surface area (Å²) in [5, 5.41) is 3.32. The molecule has 1 heterocycles. The first-order valence-electron chi connectivity index (χ1n) is 10.6. The third-order valence-electron chi connectivity index (χ3n) is 5.79. The topological polar surface area (TPSA) is 58.6 Å². The van der Waals surface area contributed by atoms with Gasteiger partial charge in [0.1, 0.15) is 5.60 Å². The van der Waals surface area contributed by atoms with Crippen LogP contribution in [0.4, 0.5) is 4.79 Å². The fraction of sp³-hybridized carbons (Fsp3) is 0.652. The zero-order chi connectivity index (χ0) is 20.1. The molecule has 154 valence electrons. The summed E-state index contributed by atoms with van der Waals surface area (Å²) >= 11 is 0. The Morgan fingerprint density at radius 2 is 1.82 bits per heavy atom. The molecule has 3 atom stereocenters. The highest BCUT2D eigenvalue weighted by molar-refractivity contribution is 5.81. The van der Waals surface area contributed by atoms with E-state index in [9.17, 15) is 9.59 Å². The maximum absolute atomic E-state index is 12.9. The van der Waals surface area contributed by atoms with Gasteiger partial charge in [-0.2, -0.15) is 0 Å². The number of rotatable bonds is 4. The van der Waals surface area contributed by atoms with E-state index in [1.165, 1.54) is 18.4 Å². The predicted octanol–water partition coefficient (Wildman–Crippen LogP) is 4.16. The summed E-state index contributed by atoms with van der Waals surface area (Å²) in [4.78, 5) is 26.8. The number of hydrogen-bond acceptors (Lipinski definition) is 3. The molecule has 5 nitrogen and oxygen atoms in total. The number of amides is 2. The van der Waals surface area contributed by atoms with Crippen LogP contribution in [0.3, 0.4) is 0 Å². The molecule has 1 saturated carbocycles. The van der Waals surface area contributed by atoms with E-state index in [0.29, 0.717) is 25.4 Å². The van der Waals surface area contributed by atoms with Crippen molar-refractivity contribution >= 4 is 12.0 Å². The van der Waals surface area contributed by atoms with E-state index < -0.39 is 5.60 Å². The summed E-state index contributed by atoms with van der Waals surface area (Å²) in [6.07, 6.45) is 6.02. The van der Waals surface area contributed by atoms with E-state index in [1.54, 1.807) is 4.90 Å². The Balaban J connectivity index is 1.53. The smallest absolute Gasteiger partial charge is 0.410 e. The van der Waals surface area contributed by atoms with Crippen LogP contribution in [0.15, 0.2) is 30.3 Å². The molecule has 0 bridgehead atoms. The molecule has 0 aromatic heterocycles. The third-order valence-corrected chi connectivity index (χ3v) is 5.79. The van der Waals surface area contributed by atoms with Crippen LogP contribution in [-0.4, -0.2) is 41.6 Å². The Kier molecular flexibility index (Phi) is 6.63. The van der Waals surface area contributed by atoms with Crippen LogP contribution in [0, 0.1) is 11.8 Å². The van der Waals surface area contributed by atoms with Gasteiger partial charge in [0.2, 0.25) is 5.91 Å². The molecule has 5 heteroatoms. The second kappa shape index (κ2) is 8.97. The Hall–Kier alpha value is -2.04. The standard InChI is InChI=1S/C23H34N2O3/c1-23(2,3)28-22(27)25-14-13-19(16-25)21(26)24-20-12-8-7-11-18(20)15-17-9-5-4-6-10-17/h4-6,9-10,18-20H,7-8,11-16H2,1-3H3,(H,24,26). The van der Waals surface area contributed by atoms with E-state index in [-0.39, 0.29) is 24.0 Å². The summed E-state index contributed by atoms with van der Waals surface area (Å²) < 4.78 is 5.44. The van der Waals surface area contributed by atoms with E-state index in [2.05, 4.69) is 29.6 Å². The molecular weight excluding hydrogens is 352 g/mol. The van der Waals surface area contributed by atoms with Crippen LogP contribution in [0.1, 0.15) is 58.4 Å². The molecule has 1 saturated heterocycles. The van der Waals surface area contributed by atoms with Gasteiger partial charge in [0.25, 0.3) is 0 Å². The fourth-order valence-electron chi connectivity index (χ4n) is 4.33. The average molecular weight is 387 g/mol. The van der Waals surface area contributed by atoms with Crippen molar-refractivity contribution in [3.05, 3.63) is 35.9 Å². The van der Waals surface area contributed by atoms with Crippen LogP contribution in [0.25, 0.3) is 0 Å². The van der Waals surface area contributed by atoms with Crippen molar-refractivity contribution in [3.8, 4) is 0 Å². The monoisotopic (exact) mass is 386 g/mol. The average Bonchev–Trinajstić information content (AvgIpc) is 3.13. The molecule has 2 aliphatic rings. The van der Waals surface area contributed by atoms with Crippen LogP contribution in [0.2, 0.25) is 0 Å². The highest BCUT2D eigenvalue weighted by Gasteiger charge is 2.35. The molecular formula is C23H34N2O3. The van der Waals surface area contributed by atoms with Crippen molar-refractivity contribution in [2.24, 2.45) is 11.8 Å². The van der Waals surface area contributed by atoms with Crippen molar-refractivity contribution in [3.63, 3.8) is 0 Å². The lowest BCUT2D eigenvalue weighted by Gasteiger charge is -2.33. The summed E-state index contributed by atoms with van der Waals surface area (Å²) in [5.74, 6) is 0.450. The summed E-state index contributed by atoms with van der Waals surface area (Å²) in [6.45, 7) is 6.63. The van der Waals surface area contributed by atoms with Gasteiger partial charge in [-0.25, -0.2) is 4.79 Å². The summed E-state index contributed by atoms with van der Waals surface area (Å²) in [5.41, 5.74) is 0.829. The van der Waals surface area contributed by atoms with Crippen molar-refractivity contribution < 1.29 is 14.3 Å². The number of carbonyl (C=O) groups excluding carboxylic acids is 2. The third kappa shape index (κ3) is 5.73. The zero-order valence-corrected chi connectivity index (χ0v) is 17.4.